The van der Waals surface area contributed by atoms with E-state index in [9.17, 15) is 22.8 Å². The van der Waals surface area contributed by atoms with Crippen molar-refractivity contribution in [3.8, 4) is 0 Å². The number of halogens is 1. The molecule has 0 aliphatic carbocycles. The quantitative estimate of drug-likeness (QED) is 0.510. The number of carbonyl (C=O) groups is 3. The first-order valence-electron chi connectivity index (χ1n) is 9.99. The van der Waals surface area contributed by atoms with E-state index >= 15 is 0 Å². The highest BCUT2D eigenvalue weighted by Crippen LogP contribution is 2.22. The molecule has 9 nitrogen and oxygen atoms in total. The Morgan fingerprint density at radius 3 is 2.56 bits per heavy atom. The van der Waals surface area contributed by atoms with Crippen LogP contribution in [0, 0.1) is 5.92 Å². The molecule has 0 unspecified atom stereocenters. The van der Waals surface area contributed by atoms with Crippen molar-refractivity contribution in [1.82, 2.24) is 9.47 Å². The molecular formula is C20H24BrN3O6S2. The van der Waals surface area contributed by atoms with E-state index in [-0.39, 0.29) is 11.3 Å². The van der Waals surface area contributed by atoms with Crippen molar-refractivity contribution in [2.24, 2.45) is 10.9 Å². The predicted octanol–water partition coefficient (Wildman–Crippen LogP) is 1.74. The Morgan fingerprint density at radius 2 is 1.91 bits per heavy atom. The van der Waals surface area contributed by atoms with Gasteiger partial charge in [0, 0.05) is 17.6 Å². The van der Waals surface area contributed by atoms with E-state index in [4.69, 9.17) is 4.74 Å². The lowest BCUT2D eigenvalue weighted by atomic mass is 9.99. The van der Waals surface area contributed by atoms with E-state index in [0.717, 1.165) is 33.4 Å². The molecule has 0 bridgehead atoms. The van der Waals surface area contributed by atoms with Gasteiger partial charge in [-0.1, -0.05) is 34.2 Å². The first-order valence-corrected chi connectivity index (χ1v) is 13.4. The van der Waals surface area contributed by atoms with Crippen molar-refractivity contribution in [2.45, 2.75) is 26.3 Å². The van der Waals surface area contributed by atoms with Crippen molar-refractivity contribution < 1.29 is 27.5 Å². The molecule has 0 saturated carbocycles. The zero-order chi connectivity index (χ0) is 23.5. The van der Waals surface area contributed by atoms with Crippen LogP contribution in [-0.2, 0) is 35.5 Å². The van der Waals surface area contributed by atoms with Gasteiger partial charge in [0.25, 0.3) is 5.91 Å². The topological polar surface area (TPSA) is 115 Å². The van der Waals surface area contributed by atoms with Gasteiger partial charge in [0.15, 0.2) is 14.6 Å². The molecule has 2 amide bonds. The molecule has 0 spiro atoms. The van der Waals surface area contributed by atoms with Crippen LogP contribution < -0.4 is 4.80 Å². The number of fused-ring (bicyclic) bond motifs is 1. The second-order valence-electron chi connectivity index (χ2n) is 7.76. The monoisotopic (exact) mass is 545 g/mol. The number of nitrogens with zero attached hydrogens (tertiary/aromatic N) is 3. The molecule has 174 valence electrons. The minimum atomic E-state index is -3.98. The molecule has 0 radical (unpaired) electrons. The van der Waals surface area contributed by atoms with Crippen LogP contribution in [0.3, 0.4) is 0 Å². The highest BCUT2D eigenvalue weighted by Gasteiger charge is 2.26. The van der Waals surface area contributed by atoms with E-state index in [1.165, 1.54) is 16.6 Å². The number of hydrogen-bond acceptors (Lipinski definition) is 7. The Labute approximate surface area is 198 Å². The van der Waals surface area contributed by atoms with E-state index in [1.54, 1.807) is 12.1 Å². The maximum Gasteiger partial charge on any atom is 0.325 e. The van der Waals surface area contributed by atoms with Crippen LogP contribution in [0.5, 0.6) is 0 Å². The Morgan fingerprint density at radius 1 is 1.22 bits per heavy atom. The van der Waals surface area contributed by atoms with Gasteiger partial charge in [0.05, 0.1) is 17.3 Å². The van der Waals surface area contributed by atoms with Gasteiger partial charge in [-0.15, -0.1) is 0 Å². The zero-order valence-corrected chi connectivity index (χ0v) is 21.0. The standard InChI is InChI=1S/C20H24BrN3O6S2/c1-13-5-7-23(8-6-13)18(26)12-32(28,29)11-17(25)22-20-24(10-19(27)30-2)15-4-3-14(21)9-16(15)31-20/h3-4,9,13H,5-8,10-12H2,1-2H3. The van der Waals surface area contributed by atoms with Crippen LogP contribution >= 0.6 is 27.3 Å². The van der Waals surface area contributed by atoms with Gasteiger partial charge in [-0.25, -0.2) is 8.42 Å². The molecular weight excluding hydrogens is 522 g/mol. The molecule has 1 saturated heterocycles. The molecule has 1 aliphatic heterocycles. The molecule has 0 N–H and O–H groups in total. The lowest BCUT2D eigenvalue weighted by Crippen LogP contribution is -2.41. The van der Waals surface area contributed by atoms with E-state index < -0.39 is 39.1 Å². The summed E-state index contributed by atoms with van der Waals surface area (Å²) in [5.41, 5.74) is 0.660. The number of piperidine rings is 1. The Kier molecular flexibility index (Phi) is 7.88. The van der Waals surface area contributed by atoms with Crippen molar-refractivity contribution in [1.29, 1.82) is 0 Å². The Hall–Kier alpha value is -2.05. The Balaban J connectivity index is 1.80. The number of ether oxygens (including phenoxy) is 1. The normalized spacial score (nSPS) is 15.8. The third kappa shape index (κ3) is 6.26. The number of thiazole rings is 1. The summed E-state index contributed by atoms with van der Waals surface area (Å²) >= 11 is 4.52. The van der Waals surface area contributed by atoms with Gasteiger partial charge in [-0.05, 0) is 37.0 Å². The summed E-state index contributed by atoms with van der Waals surface area (Å²) in [6.45, 7) is 2.97. The summed E-state index contributed by atoms with van der Waals surface area (Å²) in [6.07, 6.45) is 1.67. The second kappa shape index (κ2) is 10.3. The number of hydrogen-bond donors (Lipinski definition) is 0. The Bertz CT molecular complexity index is 1210. The lowest BCUT2D eigenvalue weighted by Gasteiger charge is -2.30. The van der Waals surface area contributed by atoms with E-state index in [1.807, 2.05) is 6.07 Å². The largest absolute Gasteiger partial charge is 0.468 e. The molecule has 2 heterocycles. The highest BCUT2D eigenvalue weighted by atomic mass is 79.9. The summed E-state index contributed by atoms with van der Waals surface area (Å²) < 4.78 is 32.7. The number of benzene rings is 1. The van der Waals surface area contributed by atoms with Gasteiger partial charge in [0.2, 0.25) is 5.91 Å². The number of likely N-dealkylation sites (tertiary alicyclic amines) is 1. The fourth-order valence-corrected chi connectivity index (χ4v) is 6.09. The predicted molar refractivity (Wildman–Crippen MR) is 124 cm³/mol. The van der Waals surface area contributed by atoms with Crippen molar-refractivity contribution in [2.75, 3.05) is 31.7 Å². The number of carbonyl (C=O) groups excluding carboxylic acids is 3. The first kappa shape index (κ1) is 24.6. The molecule has 3 rings (SSSR count). The third-order valence-corrected chi connectivity index (χ3v) is 8.11. The summed E-state index contributed by atoms with van der Waals surface area (Å²) in [4.78, 5) is 42.3. The van der Waals surface area contributed by atoms with Crippen molar-refractivity contribution >= 4 is 65.1 Å². The molecule has 1 aromatic heterocycles. The number of rotatable bonds is 6. The maximum absolute atomic E-state index is 12.5. The molecule has 32 heavy (non-hydrogen) atoms. The summed E-state index contributed by atoms with van der Waals surface area (Å²) in [6, 6.07) is 5.36. The number of amides is 2. The fourth-order valence-electron chi connectivity index (χ4n) is 3.39. The summed E-state index contributed by atoms with van der Waals surface area (Å²) in [5, 5.41) is 0. The summed E-state index contributed by atoms with van der Waals surface area (Å²) in [5.74, 6) is -3.00. The zero-order valence-electron chi connectivity index (χ0n) is 17.7. The van der Waals surface area contributed by atoms with Crippen molar-refractivity contribution in [3.63, 3.8) is 0 Å². The van der Waals surface area contributed by atoms with Crippen LogP contribution in [0.2, 0.25) is 0 Å². The van der Waals surface area contributed by atoms with Crippen molar-refractivity contribution in [3.05, 3.63) is 27.5 Å². The van der Waals surface area contributed by atoms with Gasteiger partial charge < -0.3 is 14.2 Å². The van der Waals surface area contributed by atoms with Gasteiger partial charge >= 0.3 is 5.97 Å². The minimum Gasteiger partial charge on any atom is -0.468 e. The molecule has 2 aromatic rings. The minimum absolute atomic E-state index is 0.178. The van der Waals surface area contributed by atoms with E-state index in [0.29, 0.717) is 24.5 Å². The van der Waals surface area contributed by atoms with Gasteiger partial charge in [-0.3, -0.25) is 14.4 Å². The highest BCUT2D eigenvalue weighted by molar-refractivity contribution is 9.10. The van der Waals surface area contributed by atoms with Crippen LogP contribution in [0.25, 0.3) is 10.2 Å². The molecule has 1 aromatic carbocycles. The van der Waals surface area contributed by atoms with E-state index in [2.05, 4.69) is 27.8 Å². The first-order chi connectivity index (χ1) is 15.1. The number of methoxy groups -OCH3 is 1. The second-order valence-corrected chi connectivity index (χ2v) is 11.7. The SMILES string of the molecule is COC(=O)Cn1c(=NC(=O)CS(=O)(=O)CC(=O)N2CCC(C)CC2)sc2cc(Br)ccc21. The number of esters is 1. The van der Waals surface area contributed by atoms with Crippen LogP contribution in [-0.4, -0.2) is 67.4 Å². The molecule has 1 fully saturated rings. The number of aromatic nitrogens is 1. The van der Waals surface area contributed by atoms with Crippen LogP contribution in [0.1, 0.15) is 19.8 Å². The van der Waals surface area contributed by atoms with Gasteiger partial charge in [0.1, 0.15) is 18.1 Å². The average molecular weight is 546 g/mol. The lowest BCUT2D eigenvalue weighted by molar-refractivity contribution is -0.141. The summed E-state index contributed by atoms with van der Waals surface area (Å²) in [7, 11) is -2.73. The third-order valence-electron chi connectivity index (χ3n) is 5.20. The molecule has 0 atom stereocenters. The average Bonchev–Trinajstić information content (AvgIpc) is 3.03. The fraction of sp³-hybridized carbons (Fsp3) is 0.500. The smallest absolute Gasteiger partial charge is 0.325 e. The molecule has 1 aliphatic rings. The number of sulfone groups is 1. The van der Waals surface area contributed by atoms with Crippen LogP contribution in [0.4, 0.5) is 0 Å². The maximum atomic E-state index is 12.5. The van der Waals surface area contributed by atoms with Gasteiger partial charge in [-0.2, -0.15) is 4.99 Å². The molecule has 12 heteroatoms. The van der Waals surface area contributed by atoms with Crippen LogP contribution in [0.15, 0.2) is 27.7 Å².